The number of aromatic nitrogens is 4. The second-order valence-electron chi connectivity index (χ2n) is 5.40. The fraction of sp³-hybridized carbons (Fsp3) is 0.533. The largest absolute Gasteiger partial charge is 0.383 e. The molecule has 0 aliphatic rings. The van der Waals surface area contributed by atoms with E-state index < -0.39 is 0 Å². The molecule has 2 aromatic rings. The van der Waals surface area contributed by atoms with E-state index in [0.29, 0.717) is 12.4 Å². The van der Waals surface area contributed by atoms with Crippen LogP contribution in [0.5, 0.6) is 0 Å². The fourth-order valence-corrected chi connectivity index (χ4v) is 3.44. The molecule has 0 aromatic carbocycles. The molecule has 2 rings (SSSR count). The van der Waals surface area contributed by atoms with Crippen molar-refractivity contribution >= 4 is 17.5 Å². The van der Waals surface area contributed by atoms with Gasteiger partial charge in [0.2, 0.25) is 0 Å². The monoisotopic (exact) mass is 322 g/mol. The number of thioether (sulfide) groups is 1. The van der Waals surface area contributed by atoms with Gasteiger partial charge in [-0.1, -0.05) is 11.8 Å². The van der Waals surface area contributed by atoms with Gasteiger partial charge in [0.25, 0.3) is 0 Å². The van der Waals surface area contributed by atoms with E-state index in [-0.39, 0.29) is 11.8 Å². The maximum absolute atomic E-state index is 12.5. The minimum atomic E-state index is 0.108. The molecular formula is C15H22N4O2S. The molecule has 0 amide bonds. The third kappa shape index (κ3) is 3.41. The highest BCUT2D eigenvalue weighted by molar-refractivity contribution is 7.99. The topological polar surface area (TPSA) is 61.9 Å². The molecular weight excluding hydrogens is 300 g/mol. The smallest absolute Gasteiger partial charge is 0.191 e. The Bertz CT molecular complexity index is 663. The Morgan fingerprint density at radius 1 is 1.45 bits per heavy atom. The molecule has 0 saturated heterocycles. The van der Waals surface area contributed by atoms with Crippen LogP contribution in [0.25, 0.3) is 0 Å². The maximum Gasteiger partial charge on any atom is 0.191 e. The Kier molecular flexibility index (Phi) is 5.42. The minimum absolute atomic E-state index is 0.108. The number of Topliss-reactive ketones (excluding diaryl/α,β-unsaturated/α-hetero) is 1. The second kappa shape index (κ2) is 7.11. The van der Waals surface area contributed by atoms with Crippen molar-refractivity contribution in [3.8, 4) is 0 Å². The Morgan fingerprint density at radius 2 is 2.18 bits per heavy atom. The van der Waals surface area contributed by atoms with Crippen molar-refractivity contribution in [3.63, 3.8) is 0 Å². The number of aryl methyl sites for hydroxylation is 2. The standard InChI is InChI=1S/C15H22N4O2S/c1-10-6-13(12(3)19(10)11(2)7-21-5)14(20)8-22-15-17-16-9-18(15)4/h6,9,11H,7-8H2,1-5H3/t11-/m0/s1. The third-order valence-electron chi connectivity index (χ3n) is 3.64. The molecule has 0 spiro atoms. The summed E-state index contributed by atoms with van der Waals surface area (Å²) in [7, 11) is 3.55. The van der Waals surface area contributed by atoms with Crippen molar-refractivity contribution in [1.82, 2.24) is 19.3 Å². The number of carbonyl (C=O) groups is 1. The van der Waals surface area contributed by atoms with Crippen LogP contribution in [0.15, 0.2) is 17.6 Å². The lowest BCUT2D eigenvalue weighted by atomic mass is 10.2. The molecule has 2 aromatic heterocycles. The highest BCUT2D eigenvalue weighted by Gasteiger charge is 2.19. The van der Waals surface area contributed by atoms with Gasteiger partial charge in [0.05, 0.1) is 18.4 Å². The highest BCUT2D eigenvalue weighted by Crippen LogP contribution is 2.23. The zero-order chi connectivity index (χ0) is 16.3. The predicted molar refractivity (Wildman–Crippen MR) is 86.6 cm³/mol. The third-order valence-corrected chi connectivity index (χ3v) is 4.67. The van der Waals surface area contributed by atoms with Gasteiger partial charge in [0.15, 0.2) is 10.9 Å². The van der Waals surface area contributed by atoms with Gasteiger partial charge in [0.1, 0.15) is 6.33 Å². The molecule has 0 fully saturated rings. The first-order chi connectivity index (χ1) is 10.5. The zero-order valence-corrected chi connectivity index (χ0v) is 14.5. The number of rotatable bonds is 7. The highest BCUT2D eigenvalue weighted by atomic mass is 32.2. The van der Waals surface area contributed by atoms with Gasteiger partial charge in [-0.3, -0.25) is 4.79 Å². The molecule has 0 aliphatic heterocycles. The molecule has 0 N–H and O–H groups in total. The van der Waals surface area contributed by atoms with E-state index in [9.17, 15) is 4.79 Å². The van der Waals surface area contributed by atoms with Crippen LogP contribution in [-0.2, 0) is 11.8 Å². The average Bonchev–Trinajstić information content (AvgIpc) is 3.00. The number of carbonyl (C=O) groups excluding carboxylic acids is 1. The van der Waals surface area contributed by atoms with Crippen LogP contribution in [0.2, 0.25) is 0 Å². The van der Waals surface area contributed by atoms with E-state index in [0.717, 1.165) is 22.1 Å². The Hall–Kier alpha value is -1.60. The summed E-state index contributed by atoms with van der Waals surface area (Å²) in [4.78, 5) is 12.5. The van der Waals surface area contributed by atoms with Crippen molar-refractivity contribution in [1.29, 1.82) is 0 Å². The van der Waals surface area contributed by atoms with Crippen molar-refractivity contribution < 1.29 is 9.53 Å². The van der Waals surface area contributed by atoms with Gasteiger partial charge < -0.3 is 13.9 Å². The molecule has 1 atom stereocenters. The molecule has 0 aliphatic carbocycles. The first-order valence-electron chi connectivity index (χ1n) is 7.13. The lowest BCUT2D eigenvalue weighted by Gasteiger charge is -2.17. The SMILES string of the molecule is COC[C@H](C)n1c(C)cc(C(=O)CSc2nncn2C)c1C. The van der Waals surface area contributed by atoms with E-state index in [1.54, 1.807) is 13.4 Å². The molecule has 7 heteroatoms. The molecule has 0 bridgehead atoms. The number of nitrogens with zero attached hydrogens (tertiary/aromatic N) is 4. The fourth-order valence-electron chi connectivity index (χ4n) is 2.66. The molecule has 0 radical (unpaired) electrons. The normalized spacial score (nSPS) is 12.6. The first-order valence-corrected chi connectivity index (χ1v) is 8.11. The summed E-state index contributed by atoms with van der Waals surface area (Å²) in [5.41, 5.74) is 2.84. The maximum atomic E-state index is 12.5. The Balaban J connectivity index is 2.13. The summed E-state index contributed by atoms with van der Waals surface area (Å²) in [6, 6.07) is 2.17. The van der Waals surface area contributed by atoms with Crippen LogP contribution in [0, 0.1) is 13.8 Å². The van der Waals surface area contributed by atoms with Gasteiger partial charge in [-0.05, 0) is 26.8 Å². The number of ether oxygens (including phenoxy) is 1. The quantitative estimate of drug-likeness (QED) is 0.579. The van der Waals surface area contributed by atoms with Crippen molar-refractivity contribution in [2.75, 3.05) is 19.5 Å². The number of ketones is 1. The number of hydrogen-bond acceptors (Lipinski definition) is 5. The van der Waals surface area contributed by atoms with E-state index in [4.69, 9.17) is 4.74 Å². The van der Waals surface area contributed by atoms with Crippen LogP contribution in [0.3, 0.4) is 0 Å². The van der Waals surface area contributed by atoms with E-state index >= 15 is 0 Å². The van der Waals surface area contributed by atoms with Crippen LogP contribution in [-0.4, -0.2) is 44.6 Å². The van der Waals surface area contributed by atoms with Crippen LogP contribution in [0.1, 0.15) is 34.7 Å². The van der Waals surface area contributed by atoms with E-state index in [1.165, 1.54) is 11.8 Å². The zero-order valence-electron chi connectivity index (χ0n) is 13.7. The second-order valence-corrected chi connectivity index (χ2v) is 6.34. The molecule has 2 heterocycles. The summed E-state index contributed by atoms with van der Waals surface area (Å²) >= 11 is 1.40. The summed E-state index contributed by atoms with van der Waals surface area (Å²) in [6.45, 7) is 6.72. The number of methoxy groups -OCH3 is 1. The summed E-state index contributed by atoms with van der Waals surface area (Å²) in [6.07, 6.45) is 1.63. The van der Waals surface area contributed by atoms with Crippen molar-refractivity contribution in [2.45, 2.75) is 32.0 Å². The molecule has 22 heavy (non-hydrogen) atoms. The van der Waals surface area contributed by atoms with Gasteiger partial charge in [-0.25, -0.2) is 0 Å². The van der Waals surface area contributed by atoms with Crippen molar-refractivity contribution in [3.05, 3.63) is 29.3 Å². The Labute approximate surface area is 134 Å². The molecule has 120 valence electrons. The predicted octanol–water partition coefficient (Wildman–Crippen LogP) is 2.42. The van der Waals surface area contributed by atoms with Crippen LogP contribution < -0.4 is 0 Å². The average molecular weight is 322 g/mol. The molecule has 6 nitrogen and oxygen atoms in total. The van der Waals surface area contributed by atoms with Crippen LogP contribution in [0.4, 0.5) is 0 Å². The van der Waals surface area contributed by atoms with E-state index in [1.807, 2.05) is 31.5 Å². The van der Waals surface area contributed by atoms with E-state index in [2.05, 4.69) is 21.7 Å². The first kappa shape index (κ1) is 16.8. The minimum Gasteiger partial charge on any atom is -0.383 e. The summed E-state index contributed by atoms with van der Waals surface area (Å²) in [5.74, 6) is 0.465. The van der Waals surface area contributed by atoms with Gasteiger partial charge in [-0.15, -0.1) is 10.2 Å². The van der Waals surface area contributed by atoms with Gasteiger partial charge >= 0.3 is 0 Å². The lowest BCUT2D eigenvalue weighted by molar-refractivity contribution is 0.102. The summed E-state index contributed by atoms with van der Waals surface area (Å²) < 4.78 is 9.18. The molecule has 0 saturated carbocycles. The Morgan fingerprint density at radius 3 is 2.77 bits per heavy atom. The van der Waals surface area contributed by atoms with Gasteiger partial charge in [0, 0.05) is 31.1 Å². The lowest BCUT2D eigenvalue weighted by Crippen LogP contribution is -2.14. The summed E-state index contributed by atoms with van der Waals surface area (Å²) in [5, 5.41) is 8.54. The molecule has 0 unspecified atom stereocenters. The van der Waals surface area contributed by atoms with Crippen molar-refractivity contribution in [2.24, 2.45) is 7.05 Å². The van der Waals surface area contributed by atoms with Gasteiger partial charge in [-0.2, -0.15) is 0 Å². The number of hydrogen-bond donors (Lipinski definition) is 0. The van der Waals surface area contributed by atoms with Crippen LogP contribution >= 0.6 is 11.8 Å².